The van der Waals surface area contributed by atoms with Crippen molar-refractivity contribution in [2.24, 2.45) is 0 Å². The third kappa shape index (κ3) is 3.16. The molecule has 104 valence electrons. The van der Waals surface area contributed by atoms with E-state index in [-0.39, 0.29) is 16.0 Å². The Morgan fingerprint density at radius 1 is 1.00 bits per heavy atom. The van der Waals surface area contributed by atoms with Crippen molar-refractivity contribution >= 4 is 28.3 Å². The maximum absolute atomic E-state index is 13.4. The zero-order valence-corrected chi connectivity index (χ0v) is 11.0. The summed E-state index contributed by atoms with van der Waals surface area (Å²) in [6.07, 6.45) is 0. The molecule has 0 amide bonds. The maximum Gasteiger partial charge on any atom is 0.488 e. The van der Waals surface area contributed by atoms with Gasteiger partial charge in [0.15, 0.2) is 0 Å². The van der Waals surface area contributed by atoms with Crippen molar-refractivity contribution < 1.29 is 22.9 Å². The van der Waals surface area contributed by atoms with Crippen molar-refractivity contribution in [3.05, 3.63) is 54.3 Å². The highest BCUT2D eigenvalue weighted by molar-refractivity contribution is 7.92. The summed E-state index contributed by atoms with van der Waals surface area (Å²) in [7, 11) is -5.61. The highest BCUT2D eigenvalue weighted by Crippen LogP contribution is 2.18. The predicted octanol–water partition coefficient (Wildman–Crippen LogP) is 0.306. The van der Waals surface area contributed by atoms with Gasteiger partial charge in [-0.25, -0.2) is 12.8 Å². The molecule has 2 aromatic rings. The topological polar surface area (TPSA) is 86.6 Å². The second-order valence-corrected chi connectivity index (χ2v) is 5.71. The predicted molar refractivity (Wildman–Crippen MR) is 73.5 cm³/mol. The van der Waals surface area contributed by atoms with Gasteiger partial charge in [-0.2, -0.15) is 0 Å². The van der Waals surface area contributed by atoms with E-state index in [9.17, 15) is 12.8 Å². The second kappa shape index (κ2) is 5.62. The Morgan fingerprint density at radius 2 is 1.60 bits per heavy atom. The van der Waals surface area contributed by atoms with Crippen molar-refractivity contribution in [3.8, 4) is 0 Å². The van der Waals surface area contributed by atoms with Crippen LogP contribution in [0.1, 0.15) is 0 Å². The SMILES string of the molecule is O=S(=O)(Nc1ccccc1F)c1ccc(B(O)O)cc1. The van der Waals surface area contributed by atoms with Gasteiger partial charge in [0, 0.05) is 0 Å². The van der Waals surface area contributed by atoms with Crippen molar-refractivity contribution in [2.45, 2.75) is 4.90 Å². The Morgan fingerprint density at radius 3 is 2.15 bits per heavy atom. The van der Waals surface area contributed by atoms with Gasteiger partial charge in [0.1, 0.15) is 5.82 Å². The number of sulfonamides is 1. The molecular formula is C12H11BFNO4S. The molecule has 2 rings (SSSR count). The molecule has 0 fully saturated rings. The molecule has 0 saturated heterocycles. The van der Waals surface area contributed by atoms with Crippen LogP contribution >= 0.6 is 0 Å². The van der Waals surface area contributed by atoms with E-state index in [4.69, 9.17) is 10.0 Å². The first kappa shape index (κ1) is 14.5. The molecule has 2 aromatic carbocycles. The summed E-state index contributed by atoms with van der Waals surface area (Å²) in [5.74, 6) is -0.682. The monoisotopic (exact) mass is 295 g/mol. The molecule has 20 heavy (non-hydrogen) atoms. The van der Waals surface area contributed by atoms with Crippen molar-refractivity contribution in [2.75, 3.05) is 4.72 Å². The number of para-hydroxylation sites is 1. The van der Waals surface area contributed by atoms with E-state index in [1.807, 2.05) is 0 Å². The molecule has 0 aliphatic rings. The molecule has 0 aliphatic heterocycles. The van der Waals surface area contributed by atoms with Crippen LogP contribution in [0.2, 0.25) is 0 Å². The van der Waals surface area contributed by atoms with Gasteiger partial charge in [0.2, 0.25) is 0 Å². The molecule has 0 heterocycles. The number of halogens is 1. The Balaban J connectivity index is 2.29. The van der Waals surface area contributed by atoms with Gasteiger partial charge in [0.25, 0.3) is 10.0 Å². The minimum atomic E-state index is -3.93. The summed E-state index contributed by atoms with van der Waals surface area (Å²) in [5, 5.41) is 17.9. The molecule has 0 saturated carbocycles. The van der Waals surface area contributed by atoms with Gasteiger partial charge < -0.3 is 10.0 Å². The Bertz CT molecular complexity index is 704. The smallest absolute Gasteiger partial charge is 0.423 e. The molecule has 0 unspecified atom stereocenters. The van der Waals surface area contributed by atoms with E-state index < -0.39 is 23.0 Å². The summed E-state index contributed by atoms with van der Waals surface area (Å²) < 4.78 is 39.6. The Hall–Kier alpha value is -1.90. The normalized spacial score (nSPS) is 11.2. The average molecular weight is 295 g/mol. The van der Waals surface area contributed by atoms with E-state index in [1.54, 1.807) is 0 Å². The van der Waals surface area contributed by atoms with Gasteiger partial charge in [-0.3, -0.25) is 4.72 Å². The Kier molecular flexibility index (Phi) is 4.08. The van der Waals surface area contributed by atoms with Crippen LogP contribution in [0.25, 0.3) is 0 Å². The molecule has 0 bridgehead atoms. The first-order valence-corrected chi connectivity index (χ1v) is 7.12. The highest BCUT2D eigenvalue weighted by atomic mass is 32.2. The van der Waals surface area contributed by atoms with Crippen LogP contribution in [0.4, 0.5) is 10.1 Å². The lowest BCUT2D eigenvalue weighted by molar-refractivity contribution is 0.425. The highest BCUT2D eigenvalue weighted by Gasteiger charge is 2.17. The molecule has 0 aromatic heterocycles. The zero-order chi connectivity index (χ0) is 14.8. The lowest BCUT2D eigenvalue weighted by Gasteiger charge is -2.09. The number of hydrogen-bond acceptors (Lipinski definition) is 4. The molecule has 0 aliphatic carbocycles. The fourth-order valence-electron chi connectivity index (χ4n) is 1.57. The van der Waals surface area contributed by atoms with E-state index in [0.717, 1.165) is 6.07 Å². The molecule has 3 N–H and O–H groups in total. The van der Waals surface area contributed by atoms with Crippen LogP contribution in [-0.4, -0.2) is 25.6 Å². The summed E-state index contributed by atoms with van der Waals surface area (Å²) in [5.41, 5.74) is 0.00797. The first-order valence-electron chi connectivity index (χ1n) is 5.63. The largest absolute Gasteiger partial charge is 0.488 e. The van der Waals surface area contributed by atoms with Gasteiger partial charge >= 0.3 is 7.12 Å². The quantitative estimate of drug-likeness (QED) is 0.708. The van der Waals surface area contributed by atoms with Gasteiger partial charge in [-0.05, 0) is 29.7 Å². The van der Waals surface area contributed by atoms with Crippen LogP contribution in [0, 0.1) is 5.82 Å². The zero-order valence-electron chi connectivity index (χ0n) is 10.2. The van der Waals surface area contributed by atoms with E-state index >= 15 is 0 Å². The molecule has 0 atom stereocenters. The summed E-state index contributed by atoms with van der Waals surface area (Å²) >= 11 is 0. The maximum atomic E-state index is 13.4. The Labute approximate surface area is 115 Å². The van der Waals surface area contributed by atoms with E-state index in [2.05, 4.69) is 4.72 Å². The molecule has 0 radical (unpaired) electrons. The average Bonchev–Trinajstić information content (AvgIpc) is 2.41. The van der Waals surface area contributed by atoms with Gasteiger partial charge in [-0.15, -0.1) is 0 Å². The van der Waals surface area contributed by atoms with E-state index in [0.29, 0.717) is 0 Å². The summed E-state index contributed by atoms with van der Waals surface area (Å²) in [6.45, 7) is 0. The van der Waals surface area contributed by atoms with Crippen LogP contribution < -0.4 is 10.2 Å². The summed E-state index contributed by atoms with van der Waals surface area (Å²) in [4.78, 5) is -0.106. The fraction of sp³-hybridized carbons (Fsp3) is 0. The third-order valence-electron chi connectivity index (χ3n) is 2.61. The minimum Gasteiger partial charge on any atom is -0.423 e. The van der Waals surface area contributed by atoms with Crippen LogP contribution in [0.5, 0.6) is 0 Å². The first-order chi connectivity index (χ1) is 9.40. The number of rotatable bonds is 4. The number of benzene rings is 2. The van der Waals surface area contributed by atoms with Crippen molar-refractivity contribution in [3.63, 3.8) is 0 Å². The third-order valence-corrected chi connectivity index (χ3v) is 3.99. The lowest BCUT2D eigenvalue weighted by atomic mass is 9.81. The van der Waals surface area contributed by atoms with Crippen LogP contribution in [0.3, 0.4) is 0 Å². The molecule has 8 heteroatoms. The van der Waals surface area contributed by atoms with Crippen molar-refractivity contribution in [1.29, 1.82) is 0 Å². The lowest BCUT2D eigenvalue weighted by Crippen LogP contribution is -2.29. The number of nitrogens with one attached hydrogen (secondary N) is 1. The number of hydrogen-bond donors (Lipinski definition) is 3. The van der Waals surface area contributed by atoms with Crippen molar-refractivity contribution in [1.82, 2.24) is 0 Å². The van der Waals surface area contributed by atoms with Crippen LogP contribution in [-0.2, 0) is 10.0 Å². The van der Waals surface area contributed by atoms with Crippen LogP contribution in [0.15, 0.2) is 53.4 Å². The number of anilines is 1. The van der Waals surface area contributed by atoms with E-state index in [1.165, 1.54) is 42.5 Å². The standard InChI is InChI=1S/C12H11BFNO4S/c14-11-3-1-2-4-12(11)15-20(18,19)10-7-5-9(6-8-10)13(16)17/h1-8,15-17H. The molecular weight excluding hydrogens is 284 g/mol. The molecule has 5 nitrogen and oxygen atoms in total. The second-order valence-electron chi connectivity index (χ2n) is 4.03. The van der Waals surface area contributed by atoms with Gasteiger partial charge in [-0.1, -0.05) is 24.3 Å². The summed E-state index contributed by atoms with van der Waals surface area (Å²) in [6, 6.07) is 10.3. The molecule has 0 spiro atoms. The minimum absolute atomic E-state index is 0.106. The fourth-order valence-corrected chi connectivity index (χ4v) is 2.63. The van der Waals surface area contributed by atoms with Gasteiger partial charge in [0.05, 0.1) is 10.6 Å².